The Morgan fingerprint density at radius 2 is 1.79 bits per heavy atom. The minimum atomic E-state index is -3.83. The van der Waals surface area contributed by atoms with Gasteiger partial charge in [0.2, 0.25) is 15.9 Å². The molecule has 1 aromatic rings. The molecule has 2 heterocycles. The molecule has 2 atom stereocenters. The summed E-state index contributed by atoms with van der Waals surface area (Å²) in [5.41, 5.74) is 4.60. The number of nitrogens with zero attached hydrogens (tertiary/aromatic N) is 1. The number of sulfonamides is 1. The van der Waals surface area contributed by atoms with Gasteiger partial charge < -0.3 is 0 Å². The molecule has 2 unspecified atom stereocenters. The van der Waals surface area contributed by atoms with E-state index in [0.717, 1.165) is 0 Å². The second-order valence-corrected chi connectivity index (χ2v) is 11.6. The third-order valence-electron chi connectivity index (χ3n) is 5.23. The van der Waals surface area contributed by atoms with Gasteiger partial charge in [0.1, 0.15) is 6.04 Å². The topological polar surface area (TPSA) is 130 Å². The van der Waals surface area contributed by atoms with Gasteiger partial charge in [0, 0.05) is 13.0 Å². The predicted octanol–water partition coefficient (Wildman–Crippen LogP) is 0.202. The highest BCUT2D eigenvalue weighted by Crippen LogP contribution is 2.25. The van der Waals surface area contributed by atoms with Crippen LogP contribution in [0.3, 0.4) is 0 Å². The molecule has 2 saturated heterocycles. The first-order valence-electron chi connectivity index (χ1n) is 9.55. The Labute approximate surface area is 170 Å². The van der Waals surface area contributed by atoms with E-state index in [9.17, 15) is 26.4 Å². The zero-order valence-electron chi connectivity index (χ0n) is 15.9. The maximum absolute atomic E-state index is 12.9. The van der Waals surface area contributed by atoms with Gasteiger partial charge in [-0.2, -0.15) is 4.31 Å². The Hall–Kier alpha value is -1.98. The van der Waals surface area contributed by atoms with Crippen molar-refractivity contribution in [3.8, 4) is 0 Å². The maximum Gasteiger partial charge on any atom is 0.256 e. The van der Waals surface area contributed by atoms with Crippen LogP contribution in [0.15, 0.2) is 35.2 Å². The van der Waals surface area contributed by atoms with Crippen LogP contribution < -0.4 is 10.9 Å². The Balaban J connectivity index is 1.60. The van der Waals surface area contributed by atoms with E-state index in [1.165, 1.54) is 16.4 Å². The largest absolute Gasteiger partial charge is 0.273 e. The van der Waals surface area contributed by atoms with Crippen molar-refractivity contribution in [2.24, 2.45) is 5.92 Å². The number of hydrogen-bond acceptors (Lipinski definition) is 6. The molecular weight excluding hydrogens is 418 g/mol. The molecule has 2 amide bonds. The van der Waals surface area contributed by atoms with Crippen LogP contribution >= 0.6 is 0 Å². The summed E-state index contributed by atoms with van der Waals surface area (Å²) in [7, 11) is -6.91. The van der Waals surface area contributed by atoms with Crippen molar-refractivity contribution in [3.63, 3.8) is 0 Å². The number of carbonyl (C=O) groups is 2. The van der Waals surface area contributed by atoms with Gasteiger partial charge in [-0.05, 0) is 37.3 Å². The maximum atomic E-state index is 12.9. The van der Waals surface area contributed by atoms with Crippen LogP contribution in [0.5, 0.6) is 0 Å². The monoisotopic (exact) mass is 443 g/mol. The zero-order valence-corrected chi connectivity index (χ0v) is 17.5. The molecule has 9 nitrogen and oxygen atoms in total. The minimum absolute atomic E-state index is 0.00376. The lowest BCUT2D eigenvalue weighted by atomic mass is 10.0. The van der Waals surface area contributed by atoms with Gasteiger partial charge in [-0.3, -0.25) is 20.4 Å². The third kappa shape index (κ3) is 5.34. The molecule has 2 aliphatic heterocycles. The summed E-state index contributed by atoms with van der Waals surface area (Å²) < 4.78 is 50.0. The summed E-state index contributed by atoms with van der Waals surface area (Å²) in [6.45, 7) is 0.225. The van der Waals surface area contributed by atoms with E-state index in [1.54, 1.807) is 18.2 Å². The average Bonchev–Trinajstić information content (AvgIpc) is 3.05. The highest BCUT2D eigenvalue weighted by molar-refractivity contribution is 7.91. The first-order chi connectivity index (χ1) is 13.7. The number of piperidine rings is 1. The summed E-state index contributed by atoms with van der Waals surface area (Å²) in [4.78, 5) is 24.8. The number of nitrogens with one attached hydrogen (secondary N) is 2. The lowest BCUT2D eigenvalue weighted by Crippen LogP contribution is -2.55. The number of amides is 2. The van der Waals surface area contributed by atoms with Crippen molar-refractivity contribution in [1.82, 2.24) is 15.2 Å². The minimum Gasteiger partial charge on any atom is -0.273 e. The molecule has 2 N–H and O–H groups in total. The fraction of sp³-hybridized carbons (Fsp3) is 0.556. The zero-order chi connectivity index (χ0) is 21.1. The van der Waals surface area contributed by atoms with Crippen molar-refractivity contribution in [1.29, 1.82) is 0 Å². The van der Waals surface area contributed by atoms with Crippen LogP contribution in [0.4, 0.5) is 0 Å². The van der Waals surface area contributed by atoms with E-state index in [0.29, 0.717) is 25.7 Å². The predicted molar refractivity (Wildman–Crippen MR) is 106 cm³/mol. The molecule has 3 rings (SSSR count). The first-order valence-corrected chi connectivity index (χ1v) is 12.8. The SMILES string of the molecule is O=C(CC1CCS(=O)(=O)C1)NNC(=O)C1CCCCN1S(=O)(=O)c1ccccc1. The second kappa shape index (κ2) is 8.80. The van der Waals surface area contributed by atoms with E-state index in [-0.39, 0.29) is 35.3 Å². The number of benzene rings is 1. The molecule has 2 fully saturated rings. The van der Waals surface area contributed by atoms with E-state index < -0.39 is 37.7 Å². The lowest BCUT2D eigenvalue weighted by molar-refractivity contribution is -0.132. The molecule has 1 aromatic carbocycles. The molecule has 0 saturated carbocycles. The van der Waals surface area contributed by atoms with Crippen LogP contribution in [0.25, 0.3) is 0 Å². The van der Waals surface area contributed by atoms with Crippen molar-refractivity contribution in [2.75, 3.05) is 18.1 Å². The lowest BCUT2D eigenvalue weighted by Gasteiger charge is -2.33. The normalized spacial score (nSPS) is 24.7. The van der Waals surface area contributed by atoms with E-state index in [4.69, 9.17) is 0 Å². The van der Waals surface area contributed by atoms with E-state index >= 15 is 0 Å². The first kappa shape index (κ1) is 21.7. The Morgan fingerprint density at radius 1 is 1.07 bits per heavy atom. The number of hydrazine groups is 1. The Bertz CT molecular complexity index is 963. The molecule has 0 spiro atoms. The van der Waals surface area contributed by atoms with Crippen molar-refractivity contribution >= 4 is 31.7 Å². The number of rotatable bonds is 5. The van der Waals surface area contributed by atoms with Crippen LogP contribution in [0.2, 0.25) is 0 Å². The molecule has 0 aromatic heterocycles. The molecule has 0 aliphatic carbocycles. The van der Waals surface area contributed by atoms with Crippen molar-refractivity contribution in [3.05, 3.63) is 30.3 Å². The molecule has 11 heteroatoms. The van der Waals surface area contributed by atoms with Gasteiger partial charge in [0.15, 0.2) is 9.84 Å². The van der Waals surface area contributed by atoms with Gasteiger partial charge in [0.05, 0.1) is 16.4 Å². The van der Waals surface area contributed by atoms with E-state index in [2.05, 4.69) is 10.9 Å². The molecule has 29 heavy (non-hydrogen) atoms. The average molecular weight is 444 g/mol. The molecule has 2 aliphatic rings. The van der Waals surface area contributed by atoms with Gasteiger partial charge in [0.25, 0.3) is 5.91 Å². The van der Waals surface area contributed by atoms with Crippen LogP contribution in [0.1, 0.15) is 32.1 Å². The molecule has 0 radical (unpaired) electrons. The Kier molecular flexibility index (Phi) is 6.59. The van der Waals surface area contributed by atoms with Gasteiger partial charge in [-0.25, -0.2) is 16.8 Å². The van der Waals surface area contributed by atoms with Crippen molar-refractivity contribution in [2.45, 2.75) is 43.0 Å². The summed E-state index contributed by atoms with van der Waals surface area (Å²) in [5, 5.41) is 0. The quantitative estimate of drug-likeness (QED) is 0.626. The summed E-state index contributed by atoms with van der Waals surface area (Å²) >= 11 is 0. The summed E-state index contributed by atoms with van der Waals surface area (Å²) in [5.74, 6) is -1.31. The summed E-state index contributed by atoms with van der Waals surface area (Å²) in [6.07, 6.45) is 2.13. The second-order valence-electron chi connectivity index (χ2n) is 7.45. The fourth-order valence-corrected chi connectivity index (χ4v) is 7.28. The van der Waals surface area contributed by atoms with Gasteiger partial charge in [-0.15, -0.1) is 0 Å². The number of sulfone groups is 1. The molecular formula is C18H25N3O6S2. The third-order valence-corrected chi connectivity index (χ3v) is 8.99. The fourth-order valence-electron chi connectivity index (χ4n) is 3.74. The standard InChI is InChI=1S/C18H25N3O6S2/c22-17(12-14-9-11-28(24,25)13-14)19-20-18(23)16-8-4-5-10-21(16)29(26,27)15-6-2-1-3-7-15/h1-3,6-7,14,16H,4-5,8-13H2,(H,19,22)(H,20,23). The van der Waals surface area contributed by atoms with Crippen LogP contribution in [-0.4, -0.2) is 57.0 Å². The number of hydrogen-bond donors (Lipinski definition) is 2. The summed E-state index contributed by atoms with van der Waals surface area (Å²) in [6, 6.07) is 7.00. The van der Waals surface area contributed by atoms with Crippen LogP contribution in [0, 0.1) is 5.92 Å². The number of carbonyl (C=O) groups excluding carboxylic acids is 2. The van der Waals surface area contributed by atoms with E-state index in [1.807, 2.05) is 0 Å². The molecule has 160 valence electrons. The highest BCUT2D eigenvalue weighted by Gasteiger charge is 2.38. The van der Waals surface area contributed by atoms with Crippen LogP contribution in [-0.2, 0) is 29.4 Å². The smallest absolute Gasteiger partial charge is 0.256 e. The highest BCUT2D eigenvalue weighted by atomic mass is 32.2. The van der Waals surface area contributed by atoms with Crippen molar-refractivity contribution < 1.29 is 26.4 Å². The van der Waals surface area contributed by atoms with Gasteiger partial charge in [-0.1, -0.05) is 24.6 Å². The van der Waals surface area contributed by atoms with Gasteiger partial charge >= 0.3 is 0 Å². The molecule has 0 bridgehead atoms. The Morgan fingerprint density at radius 3 is 2.45 bits per heavy atom.